The molecule has 0 aliphatic rings. The number of ether oxygens (including phenoxy) is 1. The Bertz CT molecular complexity index is 899. The summed E-state index contributed by atoms with van der Waals surface area (Å²) in [6.07, 6.45) is 0.804. The molecule has 1 N–H and O–H groups in total. The molecule has 25 heavy (non-hydrogen) atoms. The number of thiophene rings is 1. The van der Waals surface area contributed by atoms with Crippen LogP contribution in [0.5, 0.6) is 5.75 Å². The van der Waals surface area contributed by atoms with Crippen molar-refractivity contribution in [2.75, 3.05) is 0 Å². The third-order valence-corrected chi connectivity index (χ3v) is 3.94. The summed E-state index contributed by atoms with van der Waals surface area (Å²) in [6, 6.07) is 10.7. The number of hydrogen-bond donors (Lipinski definition) is 1. The number of alkyl halides is 2. The van der Waals surface area contributed by atoms with Crippen LogP contribution in [-0.4, -0.2) is 27.1 Å². The van der Waals surface area contributed by atoms with Crippen LogP contribution in [0.25, 0.3) is 12.2 Å². The fourth-order valence-electron chi connectivity index (χ4n) is 2.06. The van der Waals surface area contributed by atoms with Crippen LogP contribution < -0.4 is 4.74 Å². The molecular weight excluding hydrogens is 350 g/mol. The average Bonchev–Trinajstić information content (AvgIpc) is 3.22. The third kappa shape index (κ3) is 4.59. The van der Waals surface area contributed by atoms with Gasteiger partial charge in [-0.25, -0.2) is 4.68 Å². The minimum absolute atomic E-state index is 0.0960. The van der Waals surface area contributed by atoms with Gasteiger partial charge in [-0.1, -0.05) is 12.1 Å². The zero-order valence-corrected chi connectivity index (χ0v) is 13.5. The lowest BCUT2D eigenvalue weighted by atomic mass is 10.2. The predicted molar refractivity (Wildman–Crippen MR) is 89.4 cm³/mol. The largest absolute Gasteiger partial charge is 0.532 e. The van der Waals surface area contributed by atoms with Crippen molar-refractivity contribution in [3.8, 4) is 5.75 Å². The van der Waals surface area contributed by atoms with Crippen LogP contribution in [0.3, 0.4) is 0 Å². The Kier molecular flexibility index (Phi) is 4.73. The van der Waals surface area contributed by atoms with E-state index in [-0.39, 0.29) is 11.3 Å². The lowest BCUT2D eigenvalue weighted by Gasteiger charge is -2.11. The lowest BCUT2D eigenvalue weighted by molar-refractivity contribution is -0.327. The number of carbonyl (C=O) groups excluding carboxylic acids is 1. The zero-order chi connectivity index (χ0) is 17.9. The number of carbonyl (C=O) groups is 1. The third-order valence-electron chi connectivity index (χ3n) is 3.10. The molecule has 0 spiro atoms. The van der Waals surface area contributed by atoms with Crippen LogP contribution in [0.1, 0.15) is 20.9 Å². The average molecular weight is 362 g/mol. The molecule has 0 bridgehead atoms. The molecule has 5 nitrogen and oxygen atoms in total. The lowest BCUT2D eigenvalue weighted by Crippen LogP contribution is -2.23. The number of halogens is 2. The van der Waals surface area contributed by atoms with E-state index in [1.807, 2.05) is 23.6 Å². The highest BCUT2D eigenvalue weighted by Gasteiger charge is 2.27. The molecule has 0 unspecified atom stereocenters. The van der Waals surface area contributed by atoms with Crippen molar-refractivity contribution < 1.29 is 23.4 Å². The number of rotatable bonds is 5. The molecule has 8 heteroatoms. The molecule has 0 radical (unpaired) electrons. The molecule has 0 amide bonds. The van der Waals surface area contributed by atoms with Crippen LogP contribution in [0.15, 0.2) is 54.0 Å². The Labute approximate surface area is 145 Å². The van der Waals surface area contributed by atoms with Gasteiger partial charge in [0.15, 0.2) is 0 Å². The fraction of sp³-hybridized carbons (Fsp3) is 0.0588. The summed E-state index contributed by atoms with van der Waals surface area (Å²) in [7, 11) is 0. The van der Waals surface area contributed by atoms with Gasteiger partial charge in [-0.15, -0.1) is 20.1 Å². The van der Waals surface area contributed by atoms with Crippen LogP contribution in [0.2, 0.25) is 0 Å². The van der Waals surface area contributed by atoms with Gasteiger partial charge in [0, 0.05) is 16.6 Å². The maximum atomic E-state index is 12.5. The van der Waals surface area contributed by atoms with Gasteiger partial charge in [0.1, 0.15) is 5.75 Å². The molecular formula is C17H12F2N2O3S. The summed E-state index contributed by atoms with van der Waals surface area (Å²) < 4.78 is 30.1. The number of aliphatic hydroxyl groups is 1. The minimum Gasteiger partial charge on any atom is -0.410 e. The topological polar surface area (TPSA) is 64.3 Å². The van der Waals surface area contributed by atoms with Gasteiger partial charge in [-0.2, -0.15) is 5.10 Å². The molecule has 3 aromatic rings. The number of hydrogen-bond acceptors (Lipinski definition) is 5. The molecule has 0 aliphatic carbocycles. The standard InChI is InChI=1S/C17H12F2N2O3S/c18-17(19,23)24-14-4-1-3-12(11-14)16(22)21-9-8-13(20-21)6-7-15-5-2-10-25-15/h1-11,23H. The fourth-order valence-corrected chi connectivity index (χ4v) is 2.68. The van der Waals surface area contributed by atoms with Gasteiger partial charge in [-0.3, -0.25) is 4.79 Å². The van der Waals surface area contributed by atoms with Gasteiger partial charge >= 0.3 is 6.29 Å². The minimum atomic E-state index is -4.31. The van der Waals surface area contributed by atoms with Gasteiger partial charge < -0.3 is 9.84 Å². The van der Waals surface area contributed by atoms with Crippen LogP contribution in [0.4, 0.5) is 8.78 Å². The molecule has 0 saturated heterocycles. The monoisotopic (exact) mass is 362 g/mol. The smallest absolute Gasteiger partial charge is 0.410 e. The molecule has 1 aromatic carbocycles. The second-order valence-electron chi connectivity index (χ2n) is 4.96. The van der Waals surface area contributed by atoms with E-state index in [4.69, 9.17) is 5.11 Å². The SMILES string of the molecule is O=C(c1cccc(OC(O)(F)F)c1)n1ccc(C=Cc2cccs2)n1. The number of nitrogens with zero attached hydrogens (tertiary/aromatic N) is 2. The Morgan fingerprint density at radius 2 is 2.08 bits per heavy atom. The van der Waals surface area contributed by atoms with E-state index in [0.717, 1.165) is 15.6 Å². The normalized spacial score (nSPS) is 11.8. The van der Waals surface area contributed by atoms with Crippen molar-refractivity contribution >= 4 is 29.4 Å². The highest BCUT2D eigenvalue weighted by atomic mass is 32.1. The molecule has 128 valence electrons. The van der Waals surface area contributed by atoms with Crippen LogP contribution >= 0.6 is 11.3 Å². The molecule has 0 aliphatic heterocycles. The van der Waals surface area contributed by atoms with E-state index in [0.29, 0.717) is 5.69 Å². The van der Waals surface area contributed by atoms with E-state index in [1.165, 1.54) is 24.4 Å². The van der Waals surface area contributed by atoms with Gasteiger partial charge in [-0.05, 0) is 47.9 Å². The second kappa shape index (κ2) is 6.96. The van der Waals surface area contributed by atoms with Crippen molar-refractivity contribution in [3.63, 3.8) is 0 Å². The van der Waals surface area contributed by atoms with Crippen molar-refractivity contribution in [3.05, 3.63) is 70.2 Å². The van der Waals surface area contributed by atoms with E-state index in [2.05, 4.69) is 9.84 Å². The summed E-state index contributed by atoms with van der Waals surface area (Å²) in [5.41, 5.74) is 0.676. The highest BCUT2D eigenvalue weighted by Crippen LogP contribution is 2.21. The summed E-state index contributed by atoms with van der Waals surface area (Å²) in [4.78, 5) is 13.4. The predicted octanol–water partition coefficient (Wildman–Crippen LogP) is 3.72. The van der Waals surface area contributed by atoms with Gasteiger partial charge in [0.05, 0.1) is 5.69 Å². The quantitative estimate of drug-likeness (QED) is 0.703. The maximum Gasteiger partial charge on any atom is 0.532 e. The van der Waals surface area contributed by atoms with Crippen molar-refractivity contribution in [1.29, 1.82) is 0 Å². The summed E-state index contributed by atoms with van der Waals surface area (Å²) in [5, 5.41) is 14.5. The Balaban J connectivity index is 1.76. The molecule has 2 aromatic heterocycles. The van der Waals surface area contributed by atoms with Crippen LogP contribution in [0, 0.1) is 0 Å². The van der Waals surface area contributed by atoms with Gasteiger partial charge in [0.25, 0.3) is 5.91 Å². The molecule has 0 fully saturated rings. The zero-order valence-electron chi connectivity index (χ0n) is 12.7. The van der Waals surface area contributed by atoms with E-state index in [1.54, 1.807) is 23.5 Å². The first-order chi connectivity index (χ1) is 11.9. The van der Waals surface area contributed by atoms with Crippen LogP contribution in [-0.2, 0) is 0 Å². The Morgan fingerprint density at radius 1 is 1.24 bits per heavy atom. The Morgan fingerprint density at radius 3 is 2.80 bits per heavy atom. The first kappa shape index (κ1) is 17.0. The first-order valence-electron chi connectivity index (χ1n) is 7.12. The van der Waals surface area contributed by atoms with E-state index in [9.17, 15) is 13.6 Å². The van der Waals surface area contributed by atoms with Crippen molar-refractivity contribution in [1.82, 2.24) is 9.78 Å². The van der Waals surface area contributed by atoms with E-state index >= 15 is 0 Å². The van der Waals surface area contributed by atoms with Gasteiger partial charge in [0.2, 0.25) is 0 Å². The molecule has 3 rings (SSSR count). The molecule has 0 atom stereocenters. The first-order valence-corrected chi connectivity index (χ1v) is 8.00. The van der Waals surface area contributed by atoms with E-state index < -0.39 is 12.2 Å². The maximum absolute atomic E-state index is 12.5. The summed E-state index contributed by atoms with van der Waals surface area (Å²) in [5.74, 6) is -0.842. The van der Waals surface area contributed by atoms with Crippen molar-refractivity contribution in [2.45, 2.75) is 6.29 Å². The second-order valence-corrected chi connectivity index (χ2v) is 5.93. The summed E-state index contributed by atoms with van der Waals surface area (Å²) in [6.45, 7) is 0. The number of benzene rings is 1. The molecule has 2 heterocycles. The number of aromatic nitrogens is 2. The highest BCUT2D eigenvalue weighted by molar-refractivity contribution is 7.10. The summed E-state index contributed by atoms with van der Waals surface area (Å²) >= 11 is 1.57. The van der Waals surface area contributed by atoms with Crippen molar-refractivity contribution in [2.24, 2.45) is 0 Å². The Hall–Kier alpha value is -2.84. The molecule has 0 saturated carbocycles.